The minimum Gasteiger partial charge on any atom is -0.439 e. The maximum atomic E-state index is 5.75. The van der Waals surface area contributed by atoms with Crippen molar-refractivity contribution in [1.29, 1.82) is 0 Å². The first-order valence-electron chi connectivity index (χ1n) is 6.12. The zero-order valence-electron chi connectivity index (χ0n) is 11.1. The van der Waals surface area contributed by atoms with Crippen LogP contribution in [0, 0.1) is 6.92 Å². The fourth-order valence-electron chi connectivity index (χ4n) is 1.76. The maximum Gasteiger partial charge on any atom is 0.208 e. The fraction of sp³-hybridized carbons (Fsp3) is 0.357. The number of halogens is 1. The highest BCUT2D eigenvalue weighted by Crippen LogP contribution is 2.28. The molecule has 0 amide bonds. The molecule has 102 valence electrons. The summed E-state index contributed by atoms with van der Waals surface area (Å²) in [6.45, 7) is 4.12. The van der Waals surface area contributed by atoms with Crippen molar-refractivity contribution < 1.29 is 9.15 Å². The molecule has 1 heterocycles. The highest BCUT2D eigenvalue weighted by Gasteiger charge is 2.10. The van der Waals surface area contributed by atoms with E-state index in [-0.39, 0.29) is 0 Å². The predicted molar refractivity (Wildman–Crippen MR) is 78.0 cm³/mol. The number of aromatic nitrogens is 1. The molecule has 0 radical (unpaired) electrons. The molecule has 2 aromatic rings. The average molecular weight is 325 g/mol. The van der Waals surface area contributed by atoms with E-state index in [0.29, 0.717) is 19.0 Å². The van der Waals surface area contributed by atoms with Gasteiger partial charge in [0.1, 0.15) is 0 Å². The maximum absolute atomic E-state index is 5.75. The zero-order valence-corrected chi connectivity index (χ0v) is 12.7. The van der Waals surface area contributed by atoms with Gasteiger partial charge in [-0.1, -0.05) is 28.1 Å². The molecule has 0 aliphatic carbocycles. The third-order valence-electron chi connectivity index (χ3n) is 2.85. The van der Waals surface area contributed by atoms with Crippen LogP contribution in [0.25, 0.3) is 11.3 Å². The summed E-state index contributed by atoms with van der Waals surface area (Å²) in [7, 11) is 1.68. The van der Waals surface area contributed by atoms with E-state index >= 15 is 0 Å². The third kappa shape index (κ3) is 3.65. The van der Waals surface area contributed by atoms with Gasteiger partial charge in [0.2, 0.25) is 5.89 Å². The number of benzene rings is 1. The topological polar surface area (TPSA) is 47.3 Å². The number of rotatable bonds is 6. The molecule has 0 fully saturated rings. The van der Waals surface area contributed by atoms with Crippen molar-refractivity contribution in [3.63, 3.8) is 0 Å². The predicted octanol–water partition coefficient (Wildman–Crippen LogP) is 3.15. The molecule has 0 aliphatic rings. The number of ether oxygens (including phenoxy) is 1. The molecule has 4 nitrogen and oxygen atoms in total. The summed E-state index contributed by atoms with van der Waals surface area (Å²) in [6, 6.07) is 6.04. The Balaban J connectivity index is 2.06. The molecule has 0 saturated carbocycles. The van der Waals surface area contributed by atoms with Crippen LogP contribution in [0.4, 0.5) is 0 Å². The van der Waals surface area contributed by atoms with Crippen LogP contribution in [0.15, 0.2) is 33.3 Å². The summed E-state index contributed by atoms with van der Waals surface area (Å²) in [5, 5.41) is 3.20. The van der Waals surface area contributed by atoms with E-state index in [0.717, 1.165) is 27.9 Å². The number of nitrogens with one attached hydrogen (secondary N) is 1. The van der Waals surface area contributed by atoms with Crippen LogP contribution < -0.4 is 5.32 Å². The highest BCUT2D eigenvalue weighted by molar-refractivity contribution is 9.10. The molecule has 2 rings (SSSR count). The second-order valence-corrected chi connectivity index (χ2v) is 5.05. The summed E-state index contributed by atoms with van der Waals surface area (Å²) in [5.41, 5.74) is 2.21. The van der Waals surface area contributed by atoms with Crippen LogP contribution in [-0.2, 0) is 11.3 Å². The lowest BCUT2D eigenvalue weighted by Crippen LogP contribution is -2.18. The van der Waals surface area contributed by atoms with Gasteiger partial charge in [0.15, 0.2) is 5.76 Å². The van der Waals surface area contributed by atoms with E-state index in [1.165, 1.54) is 0 Å². The van der Waals surface area contributed by atoms with Crippen LogP contribution in [0.2, 0.25) is 0 Å². The molecule has 0 atom stereocenters. The van der Waals surface area contributed by atoms with Crippen LogP contribution in [0.5, 0.6) is 0 Å². The van der Waals surface area contributed by atoms with Crippen molar-refractivity contribution in [2.45, 2.75) is 13.5 Å². The van der Waals surface area contributed by atoms with Gasteiger partial charge in [-0.05, 0) is 18.6 Å². The van der Waals surface area contributed by atoms with Gasteiger partial charge in [0.05, 0.1) is 19.3 Å². The Bertz CT molecular complexity index is 540. The number of hydrogen-bond acceptors (Lipinski definition) is 4. The molecule has 0 spiro atoms. The third-order valence-corrected chi connectivity index (χ3v) is 3.70. The summed E-state index contributed by atoms with van der Waals surface area (Å²) >= 11 is 3.52. The van der Waals surface area contributed by atoms with E-state index in [1.54, 1.807) is 13.3 Å². The van der Waals surface area contributed by atoms with Gasteiger partial charge in [0, 0.05) is 23.7 Å². The standard InChI is InChI=1S/C14H17BrN2O2/c1-10-11(4-3-5-12(10)15)13-8-17-14(19-13)9-16-6-7-18-2/h3-5,8,16H,6-7,9H2,1-2H3. The zero-order chi connectivity index (χ0) is 13.7. The Kier molecular flexibility index (Phi) is 5.13. The SMILES string of the molecule is COCCNCc1ncc(-c2cccc(Br)c2C)o1. The van der Waals surface area contributed by atoms with E-state index in [9.17, 15) is 0 Å². The van der Waals surface area contributed by atoms with E-state index < -0.39 is 0 Å². The second-order valence-electron chi connectivity index (χ2n) is 4.20. The smallest absolute Gasteiger partial charge is 0.208 e. The van der Waals surface area contributed by atoms with Crippen molar-refractivity contribution >= 4 is 15.9 Å². The van der Waals surface area contributed by atoms with Crippen molar-refractivity contribution in [3.8, 4) is 11.3 Å². The van der Waals surface area contributed by atoms with Gasteiger partial charge in [-0.25, -0.2) is 4.98 Å². The lowest BCUT2D eigenvalue weighted by molar-refractivity contribution is 0.198. The van der Waals surface area contributed by atoms with Gasteiger partial charge < -0.3 is 14.5 Å². The quantitative estimate of drug-likeness (QED) is 0.829. The first kappa shape index (κ1) is 14.2. The van der Waals surface area contributed by atoms with E-state index in [1.807, 2.05) is 18.2 Å². The van der Waals surface area contributed by atoms with E-state index in [2.05, 4.69) is 33.2 Å². The minimum absolute atomic E-state index is 0.608. The Morgan fingerprint density at radius 3 is 3.05 bits per heavy atom. The summed E-state index contributed by atoms with van der Waals surface area (Å²) < 4.78 is 11.8. The lowest BCUT2D eigenvalue weighted by atomic mass is 10.1. The molecule has 5 heteroatoms. The van der Waals surface area contributed by atoms with E-state index in [4.69, 9.17) is 9.15 Å². The molecular formula is C14H17BrN2O2. The average Bonchev–Trinajstić information content (AvgIpc) is 2.87. The second kappa shape index (κ2) is 6.84. The Hall–Kier alpha value is -1.17. The van der Waals surface area contributed by atoms with Crippen LogP contribution in [0.1, 0.15) is 11.5 Å². The highest BCUT2D eigenvalue weighted by atomic mass is 79.9. The van der Waals surface area contributed by atoms with Gasteiger partial charge in [-0.15, -0.1) is 0 Å². The number of oxazole rings is 1. The van der Waals surface area contributed by atoms with Crippen LogP contribution in [-0.4, -0.2) is 25.2 Å². The van der Waals surface area contributed by atoms with Crippen molar-refractivity contribution in [3.05, 3.63) is 40.3 Å². The van der Waals surface area contributed by atoms with Gasteiger partial charge in [-0.2, -0.15) is 0 Å². The first-order valence-corrected chi connectivity index (χ1v) is 6.91. The first-order chi connectivity index (χ1) is 9.22. The summed E-state index contributed by atoms with van der Waals surface area (Å²) in [5.74, 6) is 1.48. The molecule has 0 aliphatic heterocycles. The van der Waals surface area contributed by atoms with Crippen molar-refractivity contribution in [2.24, 2.45) is 0 Å². The fourth-order valence-corrected chi connectivity index (χ4v) is 2.13. The molecular weight excluding hydrogens is 308 g/mol. The number of methoxy groups -OCH3 is 1. The Labute approximate surface area is 121 Å². The summed E-state index contributed by atoms with van der Waals surface area (Å²) in [6.07, 6.45) is 1.77. The molecule has 1 N–H and O–H groups in total. The van der Waals surface area contributed by atoms with Gasteiger partial charge >= 0.3 is 0 Å². The van der Waals surface area contributed by atoms with Crippen molar-refractivity contribution in [2.75, 3.05) is 20.3 Å². The number of nitrogens with zero attached hydrogens (tertiary/aromatic N) is 1. The van der Waals surface area contributed by atoms with Gasteiger partial charge in [-0.3, -0.25) is 0 Å². The largest absolute Gasteiger partial charge is 0.439 e. The monoisotopic (exact) mass is 324 g/mol. The molecule has 1 aromatic carbocycles. The Morgan fingerprint density at radius 1 is 1.42 bits per heavy atom. The summed E-state index contributed by atoms with van der Waals surface area (Å²) in [4.78, 5) is 4.28. The minimum atomic E-state index is 0.608. The molecule has 0 unspecified atom stereocenters. The lowest BCUT2D eigenvalue weighted by Gasteiger charge is -2.04. The normalized spacial score (nSPS) is 10.9. The molecule has 0 bridgehead atoms. The van der Waals surface area contributed by atoms with Crippen molar-refractivity contribution in [1.82, 2.24) is 10.3 Å². The van der Waals surface area contributed by atoms with Gasteiger partial charge in [0.25, 0.3) is 0 Å². The van der Waals surface area contributed by atoms with Crippen LogP contribution in [0.3, 0.4) is 0 Å². The number of hydrogen-bond donors (Lipinski definition) is 1. The molecule has 0 saturated heterocycles. The molecule has 1 aromatic heterocycles. The Morgan fingerprint density at radius 2 is 2.26 bits per heavy atom. The van der Waals surface area contributed by atoms with Crippen LogP contribution >= 0.6 is 15.9 Å². The molecule has 19 heavy (non-hydrogen) atoms.